The number of carbonyl (C=O) groups is 1. The number of carboxylic acid groups (broad SMARTS) is 1. The first-order valence-electron chi connectivity index (χ1n) is 6.86. The Kier molecular flexibility index (Phi) is 4.19. The first-order chi connectivity index (χ1) is 9.06. The van der Waals surface area contributed by atoms with Crippen LogP contribution in [-0.2, 0) is 17.8 Å². The monoisotopic (exact) mass is 267 g/mol. The van der Waals surface area contributed by atoms with E-state index in [0.717, 1.165) is 32.2 Å². The molecular weight excluding hydrogens is 246 g/mol. The maximum Gasteiger partial charge on any atom is 0.323 e. The predicted molar refractivity (Wildman–Crippen MR) is 68.6 cm³/mol. The van der Waals surface area contributed by atoms with Crippen molar-refractivity contribution in [3.05, 3.63) is 11.7 Å². The van der Waals surface area contributed by atoms with Gasteiger partial charge in [-0.05, 0) is 39.2 Å². The number of nitrogens with zero attached hydrogens (tertiary/aromatic N) is 3. The van der Waals surface area contributed by atoms with Crippen LogP contribution in [0.3, 0.4) is 0 Å². The maximum atomic E-state index is 11.5. The third kappa shape index (κ3) is 2.94. The van der Waals surface area contributed by atoms with E-state index in [1.54, 1.807) is 6.92 Å². The van der Waals surface area contributed by atoms with Crippen molar-refractivity contribution >= 4 is 5.97 Å². The fourth-order valence-electron chi connectivity index (χ4n) is 2.52. The predicted octanol–water partition coefficient (Wildman–Crippen LogP) is 1.85. The summed E-state index contributed by atoms with van der Waals surface area (Å²) < 4.78 is 5.20. The molecule has 0 radical (unpaired) electrons. The number of piperidine rings is 1. The normalized spacial score (nSPS) is 24.5. The highest BCUT2D eigenvalue weighted by molar-refractivity contribution is 5.78. The van der Waals surface area contributed by atoms with Gasteiger partial charge in [0.15, 0.2) is 5.82 Å². The minimum atomic E-state index is -0.822. The Labute approximate surface area is 112 Å². The highest BCUT2D eigenvalue weighted by atomic mass is 16.5. The maximum absolute atomic E-state index is 11.5. The molecule has 0 aromatic carbocycles. The lowest BCUT2D eigenvalue weighted by molar-refractivity contribution is -0.153. The number of rotatable bonds is 5. The second kappa shape index (κ2) is 5.69. The van der Waals surface area contributed by atoms with Crippen molar-refractivity contribution in [2.75, 3.05) is 6.54 Å². The van der Waals surface area contributed by atoms with Gasteiger partial charge in [0.05, 0.1) is 6.54 Å². The van der Waals surface area contributed by atoms with Gasteiger partial charge < -0.3 is 9.63 Å². The van der Waals surface area contributed by atoms with Gasteiger partial charge in [-0.15, -0.1) is 0 Å². The van der Waals surface area contributed by atoms with Crippen LogP contribution in [0, 0.1) is 0 Å². The third-order valence-electron chi connectivity index (χ3n) is 3.81. The standard InChI is InChI=1S/C13H21N3O3/c1-3-6-10-14-11(19-15-10)9-16-8-5-4-7-13(16,2)12(17)18/h3-9H2,1-2H3,(H,17,18). The zero-order chi connectivity index (χ0) is 13.9. The molecule has 1 fully saturated rings. The zero-order valence-electron chi connectivity index (χ0n) is 11.6. The molecule has 6 heteroatoms. The van der Waals surface area contributed by atoms with E-state index in [1.807, 2.05) is 4.90 Å². The highest BCUT2D eigenvalue weighted by Gasteiger charge is 2.41. The molecule has 1 aromatic heterocycles. The van der Waals surface area contributed by atoms with E-state index >= 15 is 0 Å². The highest BCUT2D eigenvalue weighted by Crippen LogP contribution is 2.29. The number of aliphatic carboxylic acids is 1. The SMILES string of the molecule is CCCc1noc(CN2CCCCC2(C)C(=O)O)n1. The van der Waals surface area contributed by atoms with Gasteiger partial charge in [-0.25, -0.2) is 0 Å². The molecule has 106 valence electrons. The number of aromatic nitrogens is 2. The fourth-order valence-corrected chi connectivity index (χ4v) is 2.52. The lowest BCUT2D eigenvalue weighted by Crippen LogP contribution is -2.54. The molecule has 1 aromatic rings. The molecule has 1 atom stereocenters. The van der Waals surface area contributed by atoms with E-state index in [0.29, 0.717) is 24.7 Å². The molecule has 0 amide bonds. The number of hydrogen-bond acceptors (Lipinski definition) is 5. The summed E-state index contributed by atoms with van der Waals surface area (Å²) in [5.41, 5.74) is -0.822. The van der Waals surface area contributed by atoms with Crippen molar-refractivity contribution in [3.8, 4) is 0 Å². The second-order valence-corrected chi connectivity index (χ2v) is 5.31. The van der Waals surface area contributed by atoms with Crippen LogP contribution in [0.2, 0.25) is 0 Å². The summed E-state index contributed by atoms with van der Waals surface area (Å²) in [7, 11) is 0. The molecule has 2 heterocycles. The van der Waals surface area contributed by atoms with Crippen molar-refractivity contribution in [1.29, 1.82) is 0 Å². The van der Waals surface area contributed by atoms with Crippen molar-refractivity contribution in [2.24, 2.45) is 0 Å². The van der Waals surface area contributed by atoms with Crippen molar-refractivity contribution in [3.63, 3.8) is 0 Å². The van der Waals surface area contributed by atoms with E-state index < -0.39 is 11.5 Å². The van der Waals surface area contributed by atoms with Crippen LogP contribution in [0.25, 0.3) is 0 Å². The zero-order valence-corrected chi connectivity index (χ0v) is 11.6. The molecule has 1 N–H and O–H groups in total. The Morgan fingerprint density at radius 3 is 3.00 bits per heavy atom. The minimum Gasteiger partial charge on any atom is -0.480 e. The van der Waals surface area contributed by atoms with E-state index in [9.17, 15) is 9.90 Å². The summed E-state index contributed by atoms with van der Waals surface area (Å²) >= 11 is 0. The topological polar surface area (TPSA) is 79.5 Å². The summed E-state index contributed by atoms with van der Waals surface area (Å²) in [4.78, 5) is 17.7. The molecule has 2 rings (SSSR count). The summed E-state index contributed by atoms with van der Waals surface area (Å²) in [5.74, 6) is 0.435. The average Bonchev–Trinajstić information content (AvgIpc) is 2.80. The fraction of sp³-hybridized carbons (Fsp3) is 0.769. The molecule has 1 aliphatic rings. The van der Waals surface area contributed by atoms with Crippen LogP contribution < -0.4 is 0 Å². The molecule has 0 aliphatic carbocycles. The molecule has 1 aliphatic heterocycles. The molecule has 0 saturated carbocycles. The van der Waals surface area contributed by atoms with E-state index in [-0.39, 0.29) is 0 Å². The Morgan fingerprint density at radius 2 is 2.32 bits per heavy atom. The quantitative estimate of drug-likeness (QED) is 0.877. The first kappa shape index (κ1) is 14.0. The minimum absolute atomic E-state index is 0.416. The van der Waals surface area contributed by atoms with Gasteiger partial charge in [0, 0.05) is 6.42 Å². The molecule has 6 nitrogen and oxygen atoms in total. The smallest absolute Gasteiger partial charge is 0.323 e. The first-order valence-corrected chi connectivity index (χ1v) is 6.86. The van der Waals surface area contributed by atoms with Crippen LogP contribution in [-0.4, -0.2) is 38.2 Å². The Balaban J connectivity index is 2.08. The van der Waals surface area contributed by atoms with Crippen LogP contribution in [0.5, 0.6) is 0 Å². The average molecular weight is 267 g/mol. The largest absolute Gasteiger partial charge is 0.480 e. The van der Waals surface area contributed by atoms with Gasteiger partial charge in [0.1, 0.15) is 5.54 Å². The lowest BCUT2D eigenvalue weighted by Gasteiger charge is -2.40. The Hall–Kier alpha value is -1.43. The van der Waals surface area contributed by atoms with Crippen LogP contribution in [0.1, 0.15) is 51.2 Å². The van der Waals surface area contributed by atoms with Crippen LogP contribution in [0.4, 0.5) is 0 Å². The van der Waals surface area contributed by atoms with E-state index in [1.165, 1.54) is 0 Å². The number of likely N-dealkylation sites (tertiary alicyclic amines) is 1. The molecule has 0 bridgehead atoms. The van der Waals surface area contributed by atoms with Crippen molar-refractivity contribution in [1.82, 2.24) is 15.0 Å². The summed E-state index contributed by atoms with van der Waals surface area (Å²) in [5, 5.41) is 13.3. The molecule has 1 unspecified atom stereocenters. The summed E-state index contributed by atoms with van der Waals surface area (Å²) in [6.07, 6.45) is 4.39. The van der Waals surface area contributed by atoms with Crippen molar-refractivity contribution < 1.29 is 14.4 Å². The molecule has 1 saturated heterocycles. The van der Waals surface area contributed by atoms with Gasteiger partial charge in [-0.3, -0.25) is 9.69 Å². The second-order valence-electron chi connectivity index (χ2n) is 5.31. The van der Waals surface area contributed by atoms with Gasteiger partial charge in [0.25, 0.3) is 0 Å². The van der Waals surface area contributed by atoms with Gasteiger partial charge in [-0.2, -0.15) is 4.98 Å². The van der Waals surface area contributed by atoms with Crippen LogP contribution >= 0.6 is 0 Å². The summed E-state index contributed by atoms with van der Waals surface area (Å²) in [6.45, 7) is 5.01. The van der Waals surface area contributed by atoms with Gasteiger partial charge in [0.2, 0.25) is 5.89 Å². The number of hydrogen-bond donors (Lipinski definition) is 1. The Bertz CT molecular complexity index is 446. The molecule has 0 spiro atoms. The molecular formula is C13H21N3O3. The molecule has 19 heavy (non-hydrogen) atoms. The van der Waals surface area contributed by atoms with E-state index in [2.05, 4.69) is 17.1 Å². The number of aryl methyl sites for hydroxylation is 1. The Morgan fingerprint density at radius 1 is 1.53 bits per heavy atom. The van der Waals surface area contributed by atoms with Gasteiger partial charge in [-0.1, -0.05) is 12.1 Å². The lowest BCUT2D eigenvalue weighted by atomic mass is 9.88. The van der Waals surface area contributed by atoms with Crippen LogP contribution in [0.15, 0.2) is 4.52 Å². The third-order valence-corrected chi connectivity index (χ3v) is 3.81. The van der Waals surface area contributed by atoms with Gasteiger partial charge >= 0.3 is 5.97 Å². The summed E-state index contributed by atoms with van der Waals surface area (Å²) in [6, 6.07) is 0. The van der Waals surface area contributed by atoms with Crippen molar-refractivity contribution in [2.45, 2.75) is 58.0 Å². The van der Waals surface area contributed by atoms with E-state index in [4.69, 9.17) is 4.52 Å². The number of carboxylic acids is 1.